The van der Waals surface area contributed by atoms with E-state index in [0.29, 0.717) is 6.54 Å². The van der Waals surface area contributed by atoms with E-state index in [-0.39, 0.29) is 23.7 Å². The molecule has 1 aliphatic heterocycles. The number of nitrogens with zero attached hydrogens (tertiary/aromatic N) is 2. The Morgan fingerprint density at radius 2 is 1.78 bits per heavy atom. The molecule has 0 spiro atoms. The number of amides is 2. The van der Waals surface area contributed by atoms with Crippen LogP contribution in [-0.2, 0) is 16.1 Å². The molecular formula is C14H16N2O2. The monoisotopic (exact) mass is 244 g/mol. The zero-order valence-electron chi connectivity index (χ0n) is 10.2. The molecule has 1 aliphatic carbocycles. The minimum Gasteiger partial charge on any atom is -0.276 e. The Bertz CT molecular complexity index is 448. The number of pyridine rings is 1. The van der Waals surface area contributed by atoms with Gasteiger partial charge in [0, 0.05) is 6.20 Å². The van der Waals surface area contributed by atoms with Crippen molar-refractivity contribution in [2.24, 2.45) is 11.8 Å². The van der Waals surface area contributed by atoms with Gasteiger partial charge in [-0.1, -0.05) is 18.9 Å². The van der Waals surface area contributed by atoms with Crippen LogP contribution in [0.4, 0.5) is 0 Å². The van der Waals surface area contributed by atoms with Gasteiger partial charge in [-0.15, -0.1) is 0 Å². The lowest BCUT2D eigenvalue weighted by molar-refractivity contribution is -0.140. The molecule has 4 heteroatoms. The molecule has 94 valence electrons. The zero-order chi connectivity index (χ0) is 12.5. The van der Waals surface area contributed by atoms with E-state index >= 15 is 0 Å². The number of likely N-dealkylation sites (tertiary alicyclic amines) is 1. The van der Waals surface area contributed by atoms with Crippen molar-refractivity contribution in [3.63, 3.8) is 0 Å². The molecule has 1 aromatic rings. The highest BCUT2D eigenvalue weighted by molar-refractivity contribution is 6.05. The van der Waals surface area contributed by atoms with Crippen LogP contribution in [0.3, 0.4) is 0 Å². The summed E-state index contributed by atoms with van der Waals surface area (Å²) >= 11 is 0. The van der Waals surface area contributed by atoms with E-state index in [1.807, 2.05) is 18.2 Å². The van der Waals surface area contributed by atoms with Gasteiger partial charge < -0.3 is 0 Å². The topological polar surface area (TPSA) is 50.3 Å². The Balaban J connectivity index is 1.80. The SMILES string of the molecule is O=C1[C@@H]2CCCC[C@H]2C(=O)N1Cc1ccccn1. The Labute approximate surface area is 106 Å². The first-order chi connectivity index (χ1) is 8.77. The average Bonchev–Trinajstić information content (AvgIpc) is 2.66. The van der Waals surface area contributed by atoms with Crippen LogP contribution < -0.4 is 0 Å². The number of hydrogen-bond acceptors (Lipinski definition) is 3. The van der Waals surface area contributed by atoms with E-state index in [0.717, 1.165) is 31.4 Å². The maximum atomic E-state index is 12.2. The Morgan fingerprint density at radius 1 is 1.11 bits per heavy atom. The lowest BCUT2D eigenvalue weighted by atomic mass is 9.81. The van der Waals surface area contributed by atoms with Gasteiger partial charge in [-0.2, -0.15) is 0 Å². The number of fused-ring (bicyclic) bond motifs is 1. The zero-order valence-corrected chi connectivity index (χ0v) is 10.2. The van der Waals surface area contributed by atoms with Crippen LogP contribution in [0, 0.1) is 11.8 Å². The lowest BCUT2D eigenvalue weighted by Gasteiger charge is -2.19. The minimum atomic E-state index is -0.0602. The molecule has 18 heavy (non-hydrogen) atoms. The average molecular weight is 244 g/mol. The van der Waals surface area contributed by atoms with Gasteiger partial charge in [-0.05, 0) is 25.0 Å². The minimum absolute atomic E-state index is 0.00959. The largest absolute Gasteiger partial charge is 0.276 e. The van der Waals surface area contributed by atoms with Gasteiger partial charge in [0.1, 0.15) is 0 Å². The molecule has 0 bridgehead atoms. The molecule has 2 aliphatic rings. The molecule has 4 nitrogen and oxygen atoms in total. The predicted molar refractivity (Wildman–Crippen MR) is 65.2 cm³/mol. The van der Waals surface area contributed by atoms with Crippen molar-refractivity contribution >= 4 is 11.8 Å². The summed E-state index contributed by atoms with van der Waals surface area (Å²) in [7, 11) is 0. The predicted octanol–water partition coefficient (Wildman–Crippen LogP) is 1.76. The number of carbonyl (C=O) groups excluding carboxylic acids is 2. The lowest BCUT2D eigenvalue weighted by Crippen LogP contribution is -2.30. The third-order valence-corrected chi connectivity index (χ3v) is 3.98. The van der Waals surface area contributed by atoms with Gasteiger partial charge in [0.25, 0.3) is 0 Å². The van der Waals surface area contributed by atoms with Crippen LogP contribution in [0.1, 0.15) is 31.4 Å². The molecule has 2 atom stereocenters. The molecule has 0 aromatic carbocycles. The van der Waals surface area contributed by atoms with E-state index in [4.69, 9.17) is 0 Å². The van der Waals surface area contributed by atoms with Gasteiger partial charge in [-0.25, -0.2) is 0 Å². The summed E-state index contributed by atoms with van der Waals surface area (Å²) in [6.45, 7) is 0.325. The Hall–Kier alpha value is -1.71. The number of rotatable bonds is 2. The first-order valence-electron chi connectivity index (χ1n) is 6.52. The molecule has 1 saturated carbocycles. The molecule has 1 aromatic heterocycles. The van der Waals surface area contributed by atoms with Gasteiger partial charge in [0.15, 0.2) is 0 Å². The fraction of sp³-hybridized carbons (Fsp3) is 0.500. The molecule has 0 radical (unpaired) electrons. The number of aromatic nitrogens is 1. The van der Waals surface area contributed by atoms with Gasteiger partial charge in [-0.3, -0.25) is 19.5 Å². The van der Waals surface area contributed by atoms with E-state index in [2.05, 4.69) is 4.98 Å². The van der Waals surface area contributed by atoms with E-state index in [1.165, 1.54) is 4.90 Å². The third kappa shape index (κ3) is 1.82. The van der Waals surface area contributed by atoms with Crippen molar-refractivity contribution < 1.29 is 9.59 Å². The van der Waals surface area contributed by atoms with Crippen LogP contribution in [0.2, 0.25) is 0 Å². The Kier molecular flexibility index (Phi) is 2.86. The summed E-state index contributed by atoms with van der Waals surface area (Å²) in [5, 5.41) is 0. The molecule has 2 heterocycles. The normalized spacial score (nSPS) is 27.4. The van der Waals surface area contributed by atoms with Crippen molar-refractivity contribution in [2.45, 2.75) is 32.2 Å². The van der Waals surface area contributed by atoms with Gasteiger partial charge in [0.05, 0.1) is 24.1 Å². The van der Waals surface area contributed by atoms with Crippen molar-refractivity contribution in [3.05, 3.63) is 30.1 Å². The van der Waals surface area contributed by atoms with E-state index in [1.54, 1.807) is 6.20 Å². The van der Waals surface area contributed by atoms with E-state index in [9.17, 15) is 9.59 Å². The maximum absolute atomic E-state index is 12.2. The Morgan fingerprint density at radius 3 is 2.33 bits per heavy atom. The van der Waals surface area contributed by atoms with Crippen molar-refractivity contribution in [3.8, 4) is 0 Å². The third-order valence-electron chi connectivity index (χ3n) is 3.98. The number of imide groups is 1. The fourth-order valence-electron chi connectivity index (χ4n) is 3.04. The maximum Gasteiger partial charge on any atom is 0.233 e. The molecule has 0 unspecified atom stereocenters. The van der Waals surface area contributed by atoms with Crippen LogP contribution in [0.25, 0.3) is 0 Å². The summed E-state index contributed by atoms with van der Waals surface area (Å²) in [6, 6.07) is 5.56. The van der Waals surface area contributed by atoms with Crippen molar-refractivity contribution in [1.29, 1.82) is 0 Å². The van der Waals surface area contributed by atoms with Gasteiger partial charge in [0.2, 0.25) is 11.8 Å². The summed E-state index contributed by atoms with van der Waals surface area (Å²) in [5.74, 6) is -0.101. The molecule has 2 amide bonds. The van der Waals surface area contributed by atoms with Crippen LogP contribution >= 0.6 is 0 Å². The summed E-state index contributed by atoms with van der Waals surface area (Å²) in [6.07, 6.45) is 5.56. The number of carbonyl (C=O) groups is 2. The van der Waals surface area contributed by atoms with Gasteiger partial charge >= 0.3 is 0 Å². The van der Waals surface area contributed by atoms with Crippen LogP contribution in [-0.4, -0.2) is 21.7 Å². The molecule has 0 N–H and O–H groups in total. The smallest absolute Gasteiger partial charge is 0.233 e. The van der Waals surface area contributed by atoms with Crippen molar-refractivity contribution in [2.75, 3.05) is 0 Å². The quantitative estimate of drug-likeness (QED) is 0.745. The second kappa shape index (κ2) is 4.52. The summed E-state index contributed by atoms with van der Waals surface area (Å²) in [4.78, 5) is 30.1. The second-order valence-electron chi connectivity index (χ2n) is 5.08. The highest BCUT2D eigenvalue weighted by Gasteiger charge is 2.47. The summed E-state index contributed by atoms with van der Waals surface area (Å²) in [5.41, 5.74) is 0.776. The summed E-state index contributed by atoms with van der Waals surface area (Å²) < 4.78 is 0. The van der Waals surface area contributed by atoms with Crippen LogP contribution in [0.5, 0.6) is 0 Å². The highest BCUT2D eigenvalue weighted by atomic mass is 16.2. The van der Waals surface area contributed by atoms with E-state index < -0.39 is 0 Å². The molecule has 2 fully saturated rings. The number of hydrogen-bond donors (Lipinski definition) is 0. The highest BCUT2D eigenvalue weighted by Crippen LogP contribution is 2.38. The molecular weight excluding hydrogens is 228 g/mol. The standard InChI is InChI=1S/C14H16N2O2/c17-13-11-6-1-2-7-12(11)14(18)16(13)9-10-5-3-4-8-15-10/h3-5,8,11-12H,1-2,6-7,9H2/t11-,12-/m1/s1. The van der Waals surface area contributed by atoms with Crippen molar-refractivity contribution in [1.82, 2.24) is 9.88 Å². The first kappa shape index (κ1) is 11.4. The molecule has 1 saturated heterocycles. The van der Waals surface area contributed by atoms with Crippen LogP contribution in [0.15, 0.2) is 24.4 Å². The second-order valence-corrected chi connectivity index (χ2v) is 5.08. The molecule has 3 rings (SSSR count). The first-order valence-corrected chi connectivity index (χ1v) is 6.52. The fourth-order valence-corrected chi connectivity index (χ4v) is 3.04.